The zero-order valence-electron chi connectivity index (χ0n) is 17.9. The first-order valence-corrected chi connectivity index (χ1v) is 11.1. The van der Waals surface area contributed by atoms with Gasteiger partial charge >= 0.3 is 10.1 Å². The van der Waals surface area contributed by atoms with Crippen LogP contribution in [0.25, 0.3) is 0 Å². The summed E-state index contributed by atoms with van der Waals surface area (Å²) in [5.41, 5.74) is 1.69. The van der Waals surface area contributed by atoms with Gasteiger partial charge in [-0.3, -0.25) is 9.59 Å². The highest BCUT2D eigenvalue weighted by molar-refractivity contribution is 7.87. The second kappa shape index (κ2) is 9.75. The number of hydrogen-bond acceptors (Lipinski definition) is 5. The Kier molecular flexibility index (Phi) is 7.61. The molecule has 162 valence electrons. The lowest BCUT2D eigenvalue weighted by Crippen LogP contribution is -2.46. The van der Waals surface area contributed by atoms with Gasteiger partial charge in [-0.2, -0.15) is 8.42 Å². The predicted molar refractivity (Wildman–Crippen MR) is 115 cm³/mol. The Labute approximate surface area is 178 Å². The van der Waals surface area contributed by atoms with Crippen molar-refractivity contribution in [2.24, 2.45) is 5.92 Å². The highest BCUT2D eigenvalue weighted by Crippen LogP contribution is 2.23. The van der Waals surface area contributed by atoms with E-state index >= 15 is 0 Å². The molecule has 2 rings (SSSR count). The summed E-state index contributed by atoms with van der Waals surface area (Å²) in [7, 11) is -2.48. The van der Waals surface area contributed by atoms with Gasteiger partial charge in [0.15, 0.2) is 0 Å². The summed E-state index contributed by atoms with van der Waals surface area (Å²) >= 11 is 0. The highest BCUT2D eigenvalue weighted by atomic mass is 32.2. The molecule has 1 atom stereocenters. The van der Waals surface area contributed by atoms with Gasteiger partial charge in [-0.05, 0) is 67.6 Å². The van der Waals surface area contributed by atoms with Crippen molar-refractivity contribution in [3.8, 4) is 5.75 Å². The average molecular weight is 433 g/mol. The predicted octanol–water partition coefficient (Wildman–Crippen LogP) is 2.96. The van der Waals surface area contributed by atoms with Crippen LogP contribution in [0.5, 0.6) is 5.75 Å². The van der Waals surface area contributed by atoms with Crippen molar-refractivity contribution in [2.75, 3.05) is 7.05 Å². The molecule has 0 aliphatic heterocycles. The van der Waals surface area contributed by atoms with Crippen LogP contribution in [0.4, 0.5) is 0 Å². The maximum Gasteiger partial charge on any atom is 0.339 e. The average Bonchev–Trinajstić information content (AvgIpc) is 2.68. The first kappa shape index (κ1) is 23.4. The Hall–Kier alpha value is -2.87. The fraction of sp³-hybridized carbons (Fsp3) is 0.364. The number of likely N-dealkylation sites (N-methyl/N-ethyl adjacent to an activating group) is 1. The normalized spacial score (nSPS) is 12.3. The summed E-state index contributed by atoms with van der Waals surface area (Å²) in [6, 6.07) is 10.2. The number of nitrogens with one attached hydrogen (secondary N) is 2. The van der Waals surface area contributed by atoms with Crippen LogP contribution in [-0.4, -0.2) is 33.3 Å². The lowest BCUT2D eigenvalue weighted by Gasteiger charge is -2.19. The van der Waals surface area contributed by atoms with Crippen LogP contribution in [0.1, 0.15) is 41.8 Å². The van der Waals surface area contributed by atoms with Crippen molar-refractivity contribution in [2.45, 2.75) is 45.1 Å². The summed E-state index contributed by atoms with van der Waals surface area (Å²) < 4.78 is 30.4. The van der Waals surface area contributed by atoms with Gasteiger partial charge in [-0.1, -0.05) is 26.0 Å². The molecule has 0 aliphatic carbocycles. The van der Waals surface area contributed by atoms with Crippen LogP contribution < -0.4 is 14.8 Å². The Morgan fingerprint density at radius 3 is 2.23 bits per heavy atom. The SMILES string of the molecule is CNC(=O)C(CC(C)C)NC(=O)c1ccc(OS(=O)(=O)c2cc(C)ccc2C)cc1. The Bertz CT molecular complexity index is 1010. The van der Waals surface area contributed by atoms with Crippen LogP contribution in [0.3, 0.4) is 0 Å². The molecule has 2 N–H and O–H groups in total. The molecule has 0 saturated carbocycles. The van der Waals surface area contributed by atoms with Crippen molar-refractivity contribution in [1.29, 1.82) is 0 Å². The topological polar surface area (TPSA) is 102 Å². The molecule has 0 aromatic heterocycles. The largest absolute Gasteiger partial charge is 0.379 e. The van der Waals surface area contributed by atoms with E-state index in [0.29, 0.717) is 17.5 Å². The molecular formula is C22H28N2O5S. The van der Waals surface area contributed by atoms with E-state index in [-0.39, 0.29) is 22.5 Å². The smallest absolute Gasteiger partial charge is 0.339 e. The molecular weight excluding hydrogens is 404 g/mol. The molecule has 2 aromatic carbocycles. The third-order valence-electron chi connectivity index (χ3n) is 4.51. The quantitative estimate of drug-likeness (QED) is 0.625. The van der Waals surface area contributed by atoms with Gasteiger partial charge in [0.25, 0.3) is 5.91 Å². The molecule has 2 amide bonds. The summed E-state index contributed by atoms with van der Waals surface area (Å²) in [5.74, 6) is -0.374. The molecule has 0 saturated heterocycles. The van der Waals surface area contributed by atoms with Gasteiger partial charge in [0.05, 0.1) is 0 Å². The minimum absolute atomic E-state index is 0.0949. The lowest BCUT2D eigenvalue weighted by atomic mass is 10.0. The molecule has 0 fully saturated rings. The Morgan fingerprint density at radius 1 is 1.03 bits per heavy atom. The molecule has 8 heteroatoms. The molecule has 0 aliphatic rings. The molecule has 30 heavy (non-hydrogen) atoms. The number of hydrogen-bond donors (Lipinski definition) is 2. The summed E-state index contributed by atoms with van der Waals surface area (Å²) in [6.45, 7) is 7.43. The Balaban J connectivity index is 2.14. The zero-order chi connectivity index (χ0) is 22.5. The number of carbonyl (C=O) groups excluding carboxylic acids is 2. The molecule has 1 unspecified atom stereocenters. The highest BCUT2D eigenvalue weighted by Gasteiger charge is 2.22. The van der Waals surface area contributed by atoms with Crippen LogP contribution >= 0.6 is 0 Å². The van der Waals surface area contributed by atoms with Crippen molar-refractivity contribution in [3.63, 3.8) is 0 Å². The summed E-state index contributed by atoms with van der Waals surface area (Å²) in [6.07, 6.45) is 0.501. The van der Waals surface area contributed by atoms with Crippen molar-refractivity contribution >= 4 is 21.9 Å². The zero-order valence-corrected chi connectivity index (χ0v) is 18.7. The number of rotatable bonds is 8. The minimum Gasteiger partial charge on any atom is -0.379 e. The van der Waals surface area contributed by atoms with Gasteiger partial charge in [0.2, 0.25) is 5.91 Å². The summed E-state index contributed by atoms with van der Waals surface area (Å²) in [4.78, 5) is 24.6. The van der Waals surface area contributed by atoms with Gasteiger partial charge in [-0.25, -0.2) is 0 Å². The molecule has 0 radical (unpaired) electrons. The van der Waals surface area contributed by atoms with Crippen LogP contribution in [0.15, 0.2) is 47.4 Å². The monoisotopic (exact) mass is 432 g/mol. The van der Waals surface area contributed by atoms with Crippen LogP contribution in [0.2, 0.25) is 0 Å². The summed E-state index contributed by atoms with van der Waals surface area (Å²) in [5, 5.41) is 5.26. The second-order valence-corrected chi connectivity index (χ2v) is 9.12. The number of benzene rings is 2. The maximum absolute atomic E-state index is 12.6. The maximum atomic E-state index is 12.6. The van der Waals surface area contributed by atoms with Crippen LogP contribution in [-0.2, 0) is 14.9 Å². The first-order chi connectivity index (χ1) is 14.0. The lowest BCUT2D eigenvalue weighted by molar-refractivity contribution is -0.122. The third-order valence-corrected chi connectivity index (χ3v) is 5.90. The van der Waals surface area contributed by atoms with Gasteiger partial charge in [-0.15, -0.1) is 0 Å². The van der Waals surface area contributed by atoms with Gasteiger partial charge < -0.3 is 14.8 Å². The van der Waals surface area contributed by atoms with Crippen molar-refractivity contribution in [3.05, 3.63) is 59.2 Å². The molecule has 7 nitrogen and oxygen atoms in total. The van der Waals surface area contributed by atoms with E-state index in [1.807, 2.05) is 19.9 Å². The minimum atomic E-state index is -4.00. The van der Waals surface area contributed by atoms with Crippen molar-refractivity contribution in [1.82, 2.24) is 10.6 Å². The van der Waals surface area contributed by atoms with Gasteiger partial charge in [0.1, 0.15) is 16.7 Å². The number of aryl methyl sites for hydroxylation is 2. The molecule has 0 bridgehead atoms. The third kappa shape index (κ3) is 6.06. The number of carbonyl (C=O) groups is 2. The second-order valence-electron chi connectivity index (χ2n) is 7.60. The fourth-order valence-electron chi connectivity index (χ4n) is 2.93. The fourth-order valence-corrected chi connectivity index (χ4v) is 4.18. The van der Waals surface area contributed by atoms with E-state index < -0.39 is 22.1 Å². The van der Waals surface area contributed by atoms with E-state index in [0.717, 1.165) is 5.56 Å². The first-order valence-electron chi connectivity index (χ1n) is 9.67. The van der Waals surface area contributed by atoms with E-state index in [1.165, 1.54) is 31.3 Å². The standard InChI is InChI=1S/C22H28N2O5S/c1-14(2)12-19(22(26)23-5)24-21(25)17-8-10-18(11-9-17)29-30(27,28)20-13-15(3)6-7-16(20)4/h6-11,13-14,19H,12H2,1-5H3,(H,23,26)(H,24,25). The van der Waals surface area contributed by atoms with E-state index in [2.05, 4.69) is 10.6 Å². The number of amides is 2. The van der Waals surface area contributed by atoms with Gasteiger partial charge in [0, 0.05) is 12.6 Å². The Morgan fingerprint density at radius 2 is 1.67 bits per heavy atom. The van der Waals surface area contributed by atoms with Crippen LogP contribution in [0, 0.1) is 19.8 Å². The van der Waals surface area contributed by atoms with E-state index in [4.69, 9.17) is 4.18 Å². The molecule has 2 aromatic rings. The van der Waals surface area contributed by atoms with E-state index in [1.54, 1.807) is 26.0 Å². The molecule has 0 heterocycles. The molecule has 0 spiro atoms. The van der Waals surface area contributed by atoms with E-state index in [9.17, 15) is 18.0 Å². The van der Waals surface area contributed by atoms with Crippen molar-refractivity contribution < 1.29 is 22.2 Å².